The third-order valence-electron chi connectivity index (χ3n) is 2.48. The highest BCUT2D eigenvalue weighted by atomic mass is 35.5. The zero-order valence-electron chi connectivity index (χ0n) is 9.71. The Balaban J connectivity index is 2.31. The van der Waals surface area contributed by atoms with Crippen molar-refractivity contribution in [2.24, 2.45) is 0 Å². The summed E-state index contributed by atoms with van der Waals surface area (Å²) in [6.45, 7) is 0. The molecule has 0 spiro atoms. The topological polar surface area (TPSA) is 47.3 Å². The van der Waals surface area contributed by atoms with E-state index in [-0.39, 0.29) is 10.7 Å². The van der Waals surface area contributed by atoms with Gasteiger partial charge in [-0.25, -0.2) is 4.39 Å². The highest BCUT2D eigenvalue weighted by molar-refractivity contribution is 6.31. The molecule has 0 atom stereocenters. The van der Waals surface area contributed by atoms with E-state index in [2.05, 4.69) is 5.32 Å². The van der Waals surface area contributed by atoms with Crippen molar-refractivity contribution < 1.29 is 9.13 Å². The quantitative estimate of drug-likeness (QED) is 0.831. The molecule has 0 aliphatic heterocycles. The van der Waals surface area contributed by atoms with Crippen LogP contribution in [-0.4, -0.2) is 7.11 Å². The van der Waals surface area contributed by atoms with Crippen molar-refractivity contribution >= 4 is 28.7 Å². The number of ether oxygens (including phenoxy) is 1. The van der Waals surface area contributed by atoms with Gasteiger partial charge < -0.3 is 15.8 Å². The lowest BCUT2D eigenvalue weighted by Crippen LogP contribution is -1.99. The molecular weight excluding hydrogens is 255 g/mol. The van der Waals surface area contributed by atoms with E-state index in [0.29, 0.717) is 17.1 Å². The molecule has 0 aliphatic rings. The first kappa shape index (κ1) is 12.5. The molecule has 0 aromatic heterocycles. The van der Waals surface area contributed by atoms with Gasteiger partial charge in [-0.2, -0.15) is 0 Å². The Bertz CT molecular complexity index is 575. The highest BCUT2D eigenvalue weighted by Crippen LogP contribution is 2.30. The molecule has 2 aromatic carbocycles. The summed E-state index contributed by atoms with van der Waals surface area (Å²) >= 11 is 5.70. The lowest BCUT2D eigenvalue weighted by Gasteiger charge is -2.11. The minimum Gasteiger partial charge on any atom is -0.497 e. The van der Waals surface area contributed by atoms with Crippen LogP contribution in [0.3, 0.4) is 0 Å². The molecule has 3 nitrogen and oxygen atoms in total. The van der Waals surface area contributed by atoms with Gasteiger partial charge >= 0.3 is 0 Å². The number of anilines is 3. The van der Waals surface area contributed by atoms with Crippen LogP contribution < -0.4 is 15.8 Å². The third kappa shape index (κ3) is 2.49. The van der Waals surface area contributed by atoms with E-state index in [1.165, 1.54) is 6.07 Å². The molecule has 0 aliphatic carbocycles. The number of benzene rings is 2. The second-order valence-corrected chi connectivity index (χ2v) is 4.09. The average Bonchev–Trinajstić information content (AvgIpc) is 2.37. The summed E-state index contributed by atoms with van der Waals surface area (Å²) in [4.78, 5) is 0. The van der Waals surface area contributed by atoms with Gasteiger partial charge in [0, 0.05) is 6.07 Å². The van der Waals surface area contributed by atoms with Crippen molar-refractivity contribution in [1.82, 2.24) is 0 Å². The zero-order valence-corrected chi connectivity index (χ0v) is 10.5. The lowest BCUT2D eigenvalue weighted by atomic mass is 10.2. The summed E-state index contributed by atoms with van der Waals surface area (Å²) in [5, 5.41) is 2.95. The van der Waals surface area contributed by atoms with Crippen molar-refractivity contribution in [3.63, 3.8) is 0 Å². The highest BCUT2D eigenvalue weighted by Gasteiger charge is 2.08. The van der Waals surface area contributed by atoms with E-state index in [4.69, 9.17) is 22.1 Å². The van der Waals surface area contributed by atoms with Crippen LogP contribution in [0.5, 0.6) is 5.75 Å². The van der Waals surface area contributed by atoms with Crippen molar-refractivity contribution in [3.05, 3.63) is 47.2 Å². The van der Waals surface area contributed by atoms with Crippen molar-refractivity contribution in [1.29, 1.82) is 0 Å². The van der Waals surface area contributed by atoms with Crippen LogP contribution in [0.4, 0.5) is 21.5 Å². The largest absolute Gasteiger partial charge is 0.497 e. The van der Waals surface area contributed by atoms with Crippen molar-refractivity contribution in [2.75, 3.05) is 18.2 Å². The first-order valence-corrected chi connectivity index (χ1v) is 5.64. The SMILES string of the molecule is COc1ccc(Nc2cccc(Cl)c2F)c(N)c1. The number of hydrogen-bond acceptors (Lipinski definition) is 3. The van der Waals surface area contributed by atoms with E-state index in [1.807, 2.05) is 0 Å². The minimum atomic E-state index is -0.505. The van der Waals surface area contributed by atoms with Crippen LogP contribution in [0.25, 0.3) is 0 Å². The van der Waals surface area contributed by atoms with Crippen molar-refractivity contribution in [2.45, 2.75) is 0 Å². The lowest BCUT2D eigenvalue weighted by molar-refractivity contribution is 0.415. The summed E-state index contributed by atoms with van der Waals surface area (Å²) in [6, 6.07) is 9.85. The number of nitrogens with two attached hydrogens (primary N) is 1. The van der Waals surface area contributed by atoms with Gasteiger partial charge in [0.25, 0.3) is 0 Å². The molecule has 0 unspecified atom stereocenters. The monoisotopic (exact) mass is 266 g/mol. The summed E-state index contributed by atoms with van der Waals surface area (Å²) < 4.78 is 18.7. The average molecular weight is 267 g/mol. The Morgan fingerprint density at radius 2 is 2.00 bits per heavy atom. The molecular formula is C13H12ClFN2O. The van der Waals surface area contributed by atoms with Gasteiger partial charge in [0.2, 0.25) is 0 Å². The first-order chi connectivity index (χ1) is 8.61. The van der Waals surface area contributed by atoms with Crippen molar-refractivity contribution in [3.8, 4) is 5.75 Å². The normalized spacial score (nSPS) is 10.2. The number of nitrogens with one attached hydrogen (secondary N) is 1. The molecule has 3 N–H and O–H groups in total. The summed E-state index contributed by atoms with van der Waals surface area (Å²) in [6.07, 6.45) is 0. The molecule has 0 amide bonds. The molecule has 94 valence electrons. The number of nitrogen functional groups attached to an aromatic ring is 1. The summed E-state index contributed by atoms with van der Waals surface area (Å²) in [7, 11) is 1.55. The summed E-state index contributed by atoms with van der Waals surface area (Å²) in [5.41, 5.74) is 7.17. The fraction of sp³-hybridized carbons (Fsp3) is 0.0769. The summed E-state index contributed by atoms with van der Waals surface area (Å²) in [5.74, 6) is 0.138. The van der Waals surface area contributed by atoms with Crippen LogP contribution in [-0.2, 0) is 0 Å². The second kappa shape index (κ2) is 5.14. The van der Waals surface area contributed by atoms with Gasteiger partial charge in [0.1, 0.15) is 5.75 Å². The maximum Gasteiger partial charge on any atom is 0.165 e. The number of rotatable bonds is 3. The fourth-order valence-corrected chi connectivity index (χ4v) is 1.70. The van der Waals surface area contributed by atoms with Gasteiger partial charge in [-0.1, -0.05) is 17.7 Å². The molecule has 18 heavy (non-hydrogen) atoms. The molecule has 5 heteroatoms. The smallest absolute Gasteiger partial charge is 0.165 e. The Hall–Kier alpha value is -1.94. The molecule has 0 heterocycles. The third-order valence-corrected chi connectivity index (χ3v) is 2.77. The molecule has 0 fully saturated rings. The van der Waals surface area contributed by atoms with E-state index < -0.39 is 5.82 Å². The Labute approximate surface area is 109 Å². The fourth-order valence-electron chi connectivity index (χ4n) is 1.53. The number of hydrogen-bond donors (Lipinski definition) is 2. The van der Waals surface area contributed by atoms with Crippen LogP contribution >= 0.6 is 11.6 Å². The van der Waals surface area contributed by atoms with Crippen LogP contribution in [0, 0.1) is 5.82 Å². The molecule has 0 saturated heterocycles. The Kier molecular flexibility index (Phi) is 3.58. The first-order valence-electron chi connectivity index (χ1n) is 5.26. The Morgan fingerprint density at radius 1 is 1.22 bits per heavy atom. The van der Waals surface area contributed by atoms with Crippen LogP contribution in [0.1, 0.15) is 0 Å². The van der Waals surface area contributed by atoms with Crippen LogP contribution in [0.2, 0.25) is 5.02 Å². The van der Waals surface area contributed by atoms with Crippen LogP contribution in [0.15, 0.2) is 36.4 Å². The predicted octanol–water partition coefficient (Wildman–Crippen LogP) is 3.81. The van der Waals surface area contributed by atoms with E-state index in [9.17, 15) is 4.39 Å². The maximum atomic E-state index is 13.7. The van der Waals surface area contributed by atoms with Gasteiger partial charge in [0.15, 0.2) is 5.82 Å². The maximum absolute atomic E-state index is 13.7. The molecule has 0 saturated carbocycles. The Morgan fingerprint density at radius 3 is 2.67 bits per heavy atom. The second-order valence-electron chi connectivity index (χ2n) is 3.68. The van der Waals surface area contributed by atoms with Gasteiger partial charge in [0.05, 0.1) is 29.2 Å². The predicted molar refractivity (Wildman–Crippen MR) is 72.1 cm³/mol. The molecule has 2 rings (SSSR count). The van der Waals surface area contributed by atoms with E-state index >= 15 is 0 Å². The molecule has 2 aromatic rings. The zero-order chi connectivity index (χ0) is 13.1. The van der Waals surface area contributed by atoms with Gasteiger partial charge in [-0.15, -0.1) is 0 Å². The van der Waals surface area contributed by atoms with E-state index in [0.717, 1.165) is 0 Å². The number of halogens is 2. The minimum absolute atomic E-state index is 0.0621. The van der Waals surface area contributed by atoms with E-state index in [1.54, 1.807) is 37.4 Å². The molecule has 0 bridgehead atoms. The van der Waals surface area contributed by atoms with Gasteiger partial charge in [-0.3, -0.25) is 0 Å². The van der Waals surface area contributed by atoms with Gasteiger partial charge in [-0.05, 0) is 24.3 Å². The standard InChI is InChI=1S/C13H12ClFN2O/c1-18-8-5-6-11(10(16)7-8)17-12-4-2-3-9(14)13(12)15/h2-7,17H,16H2,1H3. The molecule has 0 radical (unpaired) electrons. The number of methoxy groups -OCH3 is 1.